The number of rotatable bonds is 8. The van der Waals surface area contributed by atoms with E-state index in [1.54, 1.807) is 0 Å². The van der Waals surface area contributed by atoms with E-state index in [1.807, 2.05) is 5.32 Å². The van der Waals surface area contributed by atoms with E-state index in [0.717, 1.165) is 12.1 Å². The standard InChI is InChI=1S/C25H16Cl7F2N3O3/c1-25(31,32)18(10-2-4-14(27)15(28)8-10)23(39)35-11-3-5-13(26)12(9-11)22(38)36-17-7-6-16(33)20(19(17)34)37-24(40)21(29)30/h2-9,18,21H,1H3,(H,35,39)(H,36,38)(H,37,40)/t18-/m0/s1. The van der Waals surface area contributed by atoms with E-state index in [2.05, 4.69) is 10.6 Å². The van der Waals surface area contributed by atoms with Crippen LogP contribution in [0.5, 0.6) is 0 Å². The van der Waals surface area contributed by atoms with Crippen LogP contribution in [0, 0.1) is 11.6 Å². The van der Waals surface area contributed by atoms with Crippen molar-refractivity contribution in [2.24, 2.45) is 0 Å². The molecule has 15 heteroatoms. The first-order valence-corrected chi connectivity index (χ1v) is 13.7. The highest BCUT2D eigenvalue weighted by atomic mass is 35.5. The molecule has 0 aromatic heterocycles. The van der Waals surface area contributed by atoms with Crippen LogP contribution >= 0.6 is 81.2 Å². The van der Waals surface area contributed by atoms with Crippen molar-refractivity contribution in [1.29, 1.82) is 0 Å². The van der Waals surface area contributed by atoms with Gasteiger partial charge in [0, 0.05) is 5.69 Å². The quantitative estimate of drug-likeness (QED) is 0.206. The molecule has 3 rings (SSSR count). The van der Waals surface area contributed by atoms with E-state index in [9.17, 15) is 23.2 Å². The Morgan fingerprint density at radius 1 is 0.800 bits per heavy atom. The summed E-state index contributed by atoms with van der Waals surface area (Å²) in [6, 6.07) is 10.2. The minimum Gasteiger partial charge on any atom is -0.325 e. The average Bonchev–Trinajstić information content (AvgIpc) is 2.85. The molecule has 212 valence electrons. The Morgan fingerprint density at radius 3 is 2.05 bits per heavy atom. The van der Waals surface area contributed by atoms with Crippen molar-refractivity contribution >= 4 is 116 Å². The van der Waals surface area contributed by atoms with Gasteiger partial charge in [0.05, 0.1) is 32.2 Å². The molecule has 0 spiro atoms. The fraction of sp³-hybridized carbons (Fsp3) is 0.160. The number of hydrogen-bond acceptors (Lipinski definition) is 3. The number of hydrogen-bond donors (Lipinski definition) is 3. The minimum atomic E-state index is -1.60. The average molecular weight is 693 g/mol. The van der Waals surface area contributed by atoms with Crippen LogP contribution < -0.4 is 16.0 Å². The first-order valence-electron chi connectivity index (χ1n) is 10.9. The third-order valence-corrected chi connectivity index (χ3v) is 7.21. The summed E-state index contributed by atoms with van der Waals surface area (Å²) >= 11 is 41.7. The van der Waals surface area contributed by atoms with E-state index in [4.69, 9.17) is 81.2 Å². The molecule has 0 bridgehead atoms. The summed E-state index contributed by atoms with van der Waals surface area (Å²) in [5.74, 6) is -6.22. The number of nitrogens with one attached hydrogen (secondary N) is 3. The van der Waals surface area contributed by atoms with Crippen LogP contribution in [0.1, 0.15) is 28.8 Å². The Kier molecular flexibility index (Phi) is 10.8. The molecule has 0 saturated carbocycles. The molecule has 0 unspecified atom stereocenters. The lowest BCUT2D eigenvalue weighted by Gasteiger charge is -2.26. The van der Waals surface area contributed by atoms with Crippen molar-refractivity contribution in [2.75, 3.05) is 16.0 Å². The molecule has 0 heterocycles. The fourth-order valence-corrected chi connectivity index (χ4v) is 4.56. The number of halogens is 9. The van der Waals surface area contributed by atoms with Crippen molar-refractivity contribution in [1.82, 2.24) is 0 Å². The largest absolute Gasteiger partial charge is 0.325 e. The van der Waals surface area contributed by atoms with E-state index in [1.165, 1.54) is 43.3 Å². The van der Waals surface area contributed by atoms with Crippen molar-refractivity contribution in [3.63, 3.8) is 0 Å². The summed E-state index contributed by atoms with van der Waals surface area (Å²) in [5, 5.41) is 7.14. The number of alkyl halides is 4. The number of amides is 3. The second kappa shape index (κ2) is 13.3. The molecule has 1 atom stereocenters. The SMILES string of the molecule is CC(Cl)(Cl)[C@H](C(=O)Nc1ccc(Cl)c(C(=O)Nc2ccc(F)c(NC(=O)C(Cl)Cl)c2F)c1)c1ccc(Cl)c(Cl)c1. The van der Waals surface area contributed by atoms with Crippen LogP contribution in [0.15, 0.2) is 48.5 Å². The maximum atomic E-state index is 14.9. The van der Waals surface area contributed by atoms with Gasteiger partial charge in [0.2, 0.25) is 5.91 Å². The van der Waals surface area contributed by atoms with E-state index < -0.39 is 55.8 Å². The molecule has 0 fully saturated rings. The summed E-state index contributed by atoms with van der Waals surface area (Å²) in [6.07, 6.45) is 0. The highest BCUT2D eigenvalue weighted by Gasteiger charge is 2.37. The summed E-state index contributed by atoms with van der Waals surface area (Å²) < 4.78 is 27.4. The van der Waals surface area contributed by atoms with Crippen LogP contribution in [-0.4, -0.2) is 26.9 Å². The molecule has 3 aromatic carbocycles. The van der Waals surface area contributed by atoms with E-state index >= 15 is 0 Å². The first-order chi connectivity index (χ1) is 18.6. The highest BCUT2D eigenvalue weighted by Crippen LogP contribution is 2.40. The molecule has 3 amide bonds. The van der Waals surface area contributed by atoms with Gasteiger partial charge in [-0.25, -0.2) is 8.78 Å². The first kappa shape index (κ1) is 32.5. The zero-order valence-corrected chi connectivity index (χ0v) is 25.2. The Bertz CT molecular complexity index is 1480. The lowest BCUT2D eigenvalue weighted by molar-refractivity contribution is -0.118. The molecule has 3 aromatic rings. The Labute approximate surface area is 262 Å². The van der Waals surface area contributed by atoms with Crippen molar-refractivity contribution in [3.05, 3.63) is 86.4 Å². The van der Waals surface area contributed by atoms with Gasteiger partial charge in [0.25, 0.3) is 11.8 Å². The van der Waals surface area contributed by atoms with Crippen molar-refractivity contribution in [2.45, 2.75) is 22.0 Å². The van der Waals surface area contributed by atoms with Gasteiger partial charge < -0.3 is 16.0 Å². The van der Waals surface area contributed by atoms with E-state index in [-0.39, 0.29) is 26.3 Å². The zero-order chi connectivity index (χ0) is 29.9. The van der Waals surface area contributed by atoms with Crippen molar-refractivity contribution < 1.29 is 23.2 Å². The van der Waals surface area contributed by atoms with Crippen LogP contribution in [0.4, 0.5) is 25.8 Å². The Balaban J connectivity index is 1.87. The van der Waals surface area contributed by atoms with Crippen LogP contribution in [0.25, 0.3) is 0 Å². The van der Waals surface area contributed by atoms with Gasteiger partial charge in [-0.3, -0.25) is 14.4 Å². The van der Waals surface area contributed by atoms with E-state index in [0.29, 0.717) is 5.56 Å². The Morgan fingerprint density at radius 2 is 1.45 bits per heavy atom. The highest BCUT2D eigenvalue weighted by molar-refractivity contribution is 6.54. The molecule has 0 saturated heterocycles. The molecule has 0 radical (unpaired) electrons. The predicted molar refractivity (Wildman–Crippen MR) is 158 cm³/mol. The summed E-state index contributed by atoms with van der Waals surface area (Å²) in [5.41, 5.74) is -1.06. The predicted octanol–water partition coefficient (Wildman–Crippen LogP) is 8.84. The molecule has 0 aliphatic rings. The second-order valence-corrected chi connectivity index (χ2v) is 12.4. The number of benzene rings is 3. The number of anilines is 3. The second-order valence-electron chi connectivity index (χ2n) is 8.27. The summed E-state index contributed by atoms with van der Waals surface area (Å²) in [7, 11) is 0. The molecule has 0 aliphatic heterocycles. The van der Waals surface area contributed by atoms with Gasteiger partial charge in [0.15, 0.2) is 10.7 Å². The number of carbonyl (C=O) groups is 3. The monoisotopic (exact) mass is 689 g/mol. The molecule has 0 aliphatic carbocycles. The zero-order valence-electron chi connectivity index (χ0n) is 19.9. The van der Waals surface area contributed by atoms with Gasteiger partial charge in [-0.05, 0) is 55.0 Å². The molecule has 3 N–H and O–H groups in total. The third-order valence-electron chi connectivity index (χ3n) is 5.31. The molecular weight excluding hydrogens is 676 g/mol. The molecule has 6 nitrogen and oxygen atoms in total. The smallest absolute Gasteiger partial charge is 0.257 e. The maximum absolute atomic E-state index is 14.9. The normalized spacial score (nSPS) is 12.2. The summed E-state index contributed by atoms with van der Waals surface area (Å²) in [4.78, 5) is 36.3. The summed E-state index contributed by atoms with van der Waals surface area (Å²) in [6.45, 7) is 1.41. The molecular formula is C25H16Cl7F2N3O3. The molecule has 40 heavy (non-hydrogen) atoms. The maximum Gasteiger partial charge on any atom is 0.257 e. The van der Waals surface area contributed by atoms with Gasteiger partial charge in [-0.1, -0.05) is 64.1 Å². The van der Waals surface area contributed by atoms with Crippen LogP contribution in [0.2, 0.25) is 15.1 Å². The van der Waals surface area contributed by atoms with Crippen LogP contribution in [0.3, 0.4) is 0 Å². The van der Waals surface area contributed by atoms with Gasteiger partial charge in [-0.15, -0.1) is 23.2 Å². The van der Waals surface area contributed by atoms with Gasteiger partial charge >= 0.3 is 0 Å². The lowest BCUT2D eigenvalue weighted by atomic mass is 9.94. The minimum absolute atomic E-state index is 0.0563. The van der Waals surface area contributed by atoms with Gasteiger partial charge in [-0.2, -0.15) is 0 Å². The fourth-order valence-electron chi connectivity index (χ4n) is 3.49. The Hall–Kier alpha value is -2.04. The van der Waals surface area contributed by atoms with Crippen LogP contribution in [-0.2, 0) is 9.59 Å². The third kappa shape index (κ3) is 7.82. The topological polar surface area (TPSA) is 87.3 Å². The number of carbonyl (C=O) groups excluding carboxylic acids is 3. The van der Waals surface area contributed by atoms with Gasteiger partial charge in [0.1, 0.15) is 15.8 Å². The lowest BCUT2D eigenvalue weighted by Crippen LogP contribution is -2.32. The van der Waals surface area contributed by atoms with Crippen molar-refractivity contribution in [3.8, 4) is 0 Å².